The van der Waals surface area contributed by atoms with E-state index in [1.165, 1.54) is 0 Å². The number of carbonyl (C=O) groups is 2. The molecule has 2 aliphatic heterocycles. The first kappa shape index (κ1) is 23.6. The highest BCUT2D eigenvalue weighted by molar-refractivity contribution is 6.02. The van der Waals surface area contributed by atoms with Crippen molar-refractivity contribution in [2.75, 3.05) is 20.2 Å². The van der Waals surface area contributed by atoms with Gasteiger partial charge in [-0.2, -0.15) is 0 Å². The second kappa shape index (κ2) is 8.79. The molecule has 4 heterocycles. The summed E-state index contributed by atoms with van der Waals surface area (Å²) in [5.74, 6) is 1.10. The van der Waals surface area contributed by atoms with Gasteiger partial charge in [-0.3, -0.25) is 24.1 Å². The third-order valence-corrected chi connectivity index (χ3v) is 8.07. The van der Waals surface area contributed by atoms with Crippen LogP contribution in [-0.2, 0) is 0 Å². The highest BCUT2D eigenvalue weighted by atomic mass is 16.5. The number of hydrogen-bond donors (Lipinski definition) is 1. The number of aromatic amines is 1. The molecule has 198 valence electrons. The van der Waals surface area contributed by atoms with Crippen molar-refractivity contribution in [3.63, 3.8) is 0 Å². The molecule has 0 atom stereocenters. The summed E-state index contributed by atoms with van der Waals surface area (Å²) in [5.41, 5.74) is 1.97. The van der Waals surface area contributed by atoms with Crippen LogP contribution in [-0.4, -0.2) is 57.5 Å². The van der Waals surface area contributed by atoms with Crippen LogP contribution in [0.1, 0.15) is 64.4 Å². The molecule has 2 aromatic carbocycles. The van der Waals surface area contributed by atoms with Gasteiger partial charge < -0.3 is 14.4 Å². The first-order valence-corrected chi connectivity index (χ1v) is 13.1. The quantitative estimate of drug-likeness (QED) is 0.421. The van der Waals surface area contributed by atoms with E-state index in [-0.39, 0.29) is 23.9 Å². The van der Waals surface area contributed by atoms with Crippen LogP contribution in [0, 0.1) is 0 Å². The normalized spacial score (nSPS) is 18.2. The Morgan fingerprint density at radius 1 is 1.10 bits per heavy atom. The molecular weight excluding hydrogens is 500 g/mol. The highest BCUT2D eigenvalue weighted by Gasteiger charge is 2.44. The van der Waals surface area contributed by atoms with Crippen molar-refractivity contribution < 1.29 is 23.6 Å². The predicted octanol–water partition coefficient (Wildman–Crippen LogP) is 4.10. The minimum absolute atomic E-state index is 0.0388. The zero-order chi connectivity index (χ0) is 26.7. The van der Waals surface area contributed by atoms with Crippen LogP contribution >= 0.6 is 0 Å². The summed E-state index contributed by atoms with van der Waals surface area (Å²) in [6, 6.07) is 10.8. The minimum atomic E-state index is -0.660. The van der Waals surface area contributed by atoms with Gasteiger partial charge in [0.1, 0.15) is 17.1 Å². The molecule has 0 radical (unpaired) electrons. The summed E-state index contributed by atoms with van der Waals surface area (Å²) in [6.45, 7) is 0.950. The zero-order valence-corrected chi connectivity index (χ0v) is 21.4. The SMILES string of the molecule is COc1cc(C(=O)N2CCC3(CC2)CC(=O)c2cc(-c4noc(=O)[nH]4)ccc2O3)cc2c(C3CC3)nccc12. The van der Waals surface area contributed by atoms with E-state index >= 15 is 0 Å². The van der Waals surface area contributed by atoms with Gasteiger partial charge in [-0.15, -0.1) is 0 Å². The Morgan fingerprint density at radius 2 is 1.92 bits per heavy atom. The number of amides is 1. The van der Waals surface area contributed by atoms with Crippen LogP contribution in [0.4, 0.5) is 0 Å². The molecule has 1 spiro atoms. The Bertz CT molecular complexity index is 1690. The number of carbonyl (C=O) groups excluding carboxylic acids is 2. The fourth-order valence-corrected chi connectivity index (χ4v) is 5.82. The summed E-state index contributed by atoms with van der Waals surface area (Å²) in [5, 5.41) is 5.64. The predicted molar refractivity (Wildman–Crippen MR) is 140 cm³/mol. The second-order valence-corrected chi connectivity index (χ2v) is 10.6. The van der Waals surface area contributed by atoms with Gasteiger partial charge in [0.2, 0.25) is 0 Å². The lowest BCUT2D eigenvalue weighted by molar-refractivity contribution is -0.00570. The maximum Gasteiger partial charge on any atom is 0.439 e. The lowest BCUT2D eigenvalue weighted by Gasteiger charge is -2.44. The number of ketones is 1. The number of pyridine rings is 1. The first-order valence-electron chi connectivity index (χ1n) is 13.1. The third kappa shape index (κ3) is 4.07. The van der Waals surface area contributed by atoms with Gasteiger partial charge in [0.15, 0.2) is 11.6 Å². The summed E-state index contributed by atoms with van der Waals surface area (Å²) in [6.07, 6.45) is 5.35. The summed E-state index contributed by atoms with van der Waals surface area (Å²) in [7, 11) is 1.62. The molecule has 2 fully saturated rings. The number of methoxy groups -OCH3 is 1. The monoisotopic (exact) mass is 526 g/mol. The molecule has 1 amide bonds. The number of aromatic nitrogens is 3. The van der Waals surface area contributed by atoms with E-state index in [2.05, 4.69) is 19.6 Å². The number of likely N-dealkylation sites (tertiary alicyclic amines) is 1. The van der Waals surface area contributed by atoms with Gasteiger partial charge in [0.05, 0.1) is 24.8 Å². The number of nitrogens with one attached hydrogen (secondary N) is 1. The van der Waals surface area contributed by atoms with Crippen LogP contribution in [0.5, 0.6) is 11.5 Å². The van der Waals surface area contributed by atoms with Crippen molar-refractivity contribution in [3.8, 4) is 22.9 Å². The second-order valence-electron chi connectivity index (χ2n) is 10.6. The number of hydrogen-bond acceptors (Lipinski definition) is 8. The average molecular weight is 527 g/mol. The van der Waals surface area contributed by atoms with Crippen molar-refractivity contribution in [1.29, 1.82) is 0 Å². The molecule has 1 saturated heterocycles. The molecule has 1 N–H and O–H groups in total. The smallest absolute Gasteiger partial charge is 0.439 e. The molecule has 0 bridgehead atoms. The van der Waals surface area contributed by atoms with Gasteiger partial charge in [0, 0.05) is 59.9 Å². The number of Topliss-reactive ketones (excluding diaryl/α,β-unsaturated/α-hetero) is 1. The van der Waals surface area contributed by atoms with E-state index in [1.54, 1.807) is 25.3 Å². The average Bonchev–Trinajstić information content (AvgIpc) is 3.71. The molecule has 4 aromatic rings. The fourth-order valence-electron chi connectivity index (χ4n) is 5.82. The van der Waals surface area contributed by atoms with Crippen LogP contribution in [0.3, 0.4) is 0 Å². The highest BCUT2D eigenvalue weighted by Crippen LogP contribution is 2.44. The van der Waals surface area contributed by atoms with E-state index in [4.69, 9.17) is 9.47 Å². The van der Waals surface area contributed by atoms with E-state index in [9.17, 15) is 14.4 Å². The van der Waals surface area contributed by atoms with Gasteiger partial charge in [-0.1, -0.05) is 5.16 Å². The Morgan fingerprint density at radius 3 is 2.64 bits per heavy atom. The number of rotatable bonds is 4. The third-order valence-electron chi connectivity index (χ3n) is 8.07. The Hall–Kier alpha value is -4.47. The molecule has 0 unspecified atom stereocenters. The molecule has 1 aliphatic carbocycles. The summed E-state index contributed by atoms with van der Waals surface area (Å²) in [4.78, 5) is 47.0. The Labute approximate surface area is 222 Å². The van der Waals surface area contributed by atoms with Crippen LogP contribution in [0.15, 0.2) is 51.9 Å². The fraction of sp³-hybridized carbons (Fsp3) is 0.345. The first-order chi connectivity index (χ1) is 18.9. The van der Waals surface area contributed by atoms with Crippen molar-refractivity contribution in [2.24, 2.45) is 0 Å². The van der Waals surface area contributed by atoms with Gasteiger partial charge >= 0.3 is 5.76 Å². The number of benzene rings is 2. The van der Waals surface area contributed by atoms with Crippen molar-refractivity contribution in [1.82, 2.24) is 20.0 Å². The van der Waals surface area contributed by atoms with Crippen molar-refractivity contribution in [2.45, 2.75) is 43.6 Å². The van der Waals surface area contributed by atoms with Crippen LogP contribution < -0.4 is 15.2 Å². The maximum atomic E-state index is 13.6. The lowest BCUT2D eigenvalue weighted by Crippen LogP contribution is -2.52. The molecule has 10 heteroatoms. The van der Waals surface area contributed by atoms with Crippen molar-refractivity contribution >= 4 is 22.5 Å². The number of H-pyrrole nitrogens is 1. The van der Waals surface area contributed by atoms with Crippen LogP contribution in [0.25, 0.3) is 22.2 Å². The topological polar surface area (TPSA) is 128 Å². The molecule has 1 saturated carbocycles. The number of nitrogens with zero attached hydrogens (tertiary/aromatic N) is 3. The van der Waals surface area contributed by atoms with E-state index < -0.39 is 11.4 Å². The van der Waals surface area contributed by atoms with Gasteiger partial charge in [-0.05, 0) is 49.2 Å². The number of ether oxygens (including phenoxy) is 2. The maximum absolute atomic E-state index is 13.6. The molecule has 10 nitrogen and oxygen atoms in total. The molecule has 3 aliphatic rings. The zero-order valence-electron chi connectivity index (χ0n) is 21.4. The largest absolute Gasteiger partial charge is 0.496 e. The lowest BCUT2D eigenvalue weighted by atomic mass is 9.82. The summed E-state index contributed by atoms with van der Waals surface area (Å²) < 4.78 is 16.6. The number of piperidine rings is 1. The molecular formula is C29H26N4O6. The Kier molecular flexibility index (Phi) is 5.33. The van der Waals surface area contributed by atoms with Gasteiger partial charge in [0.25, 0.3) is 5.91 Å². The molecule has 39 heavy (non-hydrogen) atoms. The summed E-state index contributed by atoms with van der Waals surface area (Å²) >= 11 is 0. The molecule has 2 aromatic heterocycles. The minimum Gasteiger partial charge on any atom is -0.496 e. The van der Waals surface area contributed by atoms with Crippen molar-refractivity contribution in [3.05, 3.63) is 70.0 Å². The standard InChI is InChI=1S/C29H26N4O6/c1-37-24-14-18(13-20-19(24)6-9-30-25(20)16-2-3-16)27(35)33-10-7-29(8-11-33)15-22(34)21-12-17(4-5-23(21)38-29)26-31-28(36)39-32-26/h4-6,9,12-14,16H,2-3,7-8,10-11,15H2,1H3,(H,31,32,36). The van der Waals surface area contributed by atoms with E-state index in [0.717, 1.165) is 29.3 Å². The van der Waals surface area contributed by atoms with E-state index in [1.807, 2.05) is 29.3 Å². The van der Waals surface area contributed by atoms with Gasteiger partial charge in [-0.25, -0.2) is 4.79 Å². The van der Waals surface area contributed by atoms with Crippen LogP contribution in [0.2, 0.25) is 0 Å². The number of fused-ring (bicyclic) bond motifs is 2. The Balaban J connectivity index is 1.11. The van der Waals surface area contributed by atoms with E-state index in [0.29, 0.717) is 60.0 Å². The molecule has 7 rings (SSSR count).